The lowest BCUT2D eigenvalue weighted by molar-refractivity contribution is -0.138. The Morgan fingerprint density at radius 2 is 1.91 bits per heavy atom. The van der Waals surface area contributed by atoms with Crippen LogP contribution in [0.5, 0.6) is 0 Å². The summed E-state index contributed by atoms with van der Waals surface area (Å²) in [5, 5.41) is -0.173. The van der Waals surface area contributed by atoms with Gasteiger partial charge in [0.25, 0.3) is 5.91 Å². The van der Waals surface area contributed by atoms with Crippen LogP contribution >= 0.6 is 11.6 Å². The highest BCUT2D eigenvalue weighted by Gasteiger charge is 2.38. The molecule has 6 nitrogen and oxygen atoms in total. The molecule has 1 saturated heterocycles. The van der Waals surface area contributed by atoms with E-state index in [1.54, 1.807) is 0 Å². The number of carbonyl (C=O) groups excluding carboxylic acids is 2. The Morgan fingerprint density at radius 3 is 2.52 bits per heavy atom. The number of carbonyl (C=O) groups is 2. The molecular weight excluding hydrogens is 457 g/mol. The maximum absolute atomic E-state index is 13.8. The van der Waals surface area contributed by atoms with Crippen molar-refractivity contribution < 1.29 is 22.8 Å². The number of alkyl halides is 3. The molecule has 1 aliphatic heterocycles. The van der Waals surface area contributed by atoms with E-state index < -0.39 is 23.3 Å². The predicted octanol–water partition coefficient (Wildman–Crippen LogP) is 4.82. The lowest BCUT2D eigenvalue weighted by atomic mass is 9.93. The lowest BCUT2D eigenvalue weighted by Gasteiger charge is -2.40. The van der Waals surface area contributed by atoms with Gasteiger partial charge in [-0.15, -0.1) is 0 Å². The van der Waals surface area contributed by atoms with E-state index in [1.807, 2.05) is 18.7 Å². The molecule has 1 saturated carbocycles. The molecule has 2 aromatic rings. The Kier molecular flexibility index (Phi) is 6.62. The molecule has 0 bridgehead atoms. The van der Waals surface area contributed by atoms with Gasteiger partial charge < -0.3 is 9.80 Å². The average Bonchev–Trinajstić information content (AvgIpc) is 3.08. The molecular formula is C23H28ClF3N4O2. The normalized spacial score (nSPS) is 18.6. The zero-order valence-electron chi connectivity index (χ0n) is 18.8. The minimum Gasteiger partial charge on any atom is -0.336 e. The van der Waals surface area contributed by atoms with Crippen molar-refractivity contribution in [1.29, 1.82) is 0 Å². The number of amides is 2. The zero-order valence-corrected chi connectivity index (χ0v) is 19.5. The molecule has 0 unspecified atom stereocenters. The third kappa shape index (κ3) is 4.83. The quantitative estimate of drug-likeness (QED) is 0.625. The third-order valence-electron chi connectivity index (χ3n) is 6.43. The summed E-state index contributed by atoms with van der Waals surface area (Å²) in [5.74, 6) is -0.631. The molecule has 4 rings (SSSR count). The van der Waals surface area contributed by atoms with E-state index >= 15 is 0 Å². The van der Waals surface area contributed by atoms with Crippen LogP contribution in [-0.4, -0.2) is 56.7 Å². The summed E-state index contributed by atoms with van der Waals surface area (Å²) in [6.45, 7) is 4.41. The van der Waals surface area contributed by atoms with E-state index in [9.17, 15) is 22.8 Å². The minimum atomic E-state index is -4.65. The first-order chi connectivity index (χ1) is 15.6. The van der Waals surface area contributed by atoms with Crippen molar-refractivity contribution in [2.45, 2.75) is 64.6 Å². The Hall–Kier alpha value is -2.29. The maximum atomic E-state index is 13.8. The number of piperazine rings is 1. The molecule has 1 aliphatic carbocycles. The molecule has 0 aromatic carbocycles. The fourth-order valence-electron chi connectivity index (χ4n) is 4.89. The van der Waals surface area contributed by atoms with Gasteiger partial charge in [-0.3, -0.25) is 14.0 Å². The Balaban J connectivity index is 1.62. The van der Waals surface area contributed by atoms with E-state index in [0.29, 0.717) is 25.1 Å². The molecule has 2 amide bonds. The topological polar surface area (TPSA) is 57.9 Å². The van der Waals surface area contributed by atoms with Gasteiger partial charge in [-0.25, -0.2) is 4.98 Å². The number of hydrogen-bond acceptors (Lipinski definition) is 3. The highest BCUT2D eigenvalue weighted by atomic mass is 35.5. The fraction of sp³-hybridized carbons (Fsp3) is 0.609. The summed E-state index contributed by atoms with van der Waals surface area (Å²) in [4.78, 5) is 33.1. The van der Waals surface area contributed by atoms with Crippen molar-refractivity contribution in [1.82, 2.24) is 19.2 Å². The van der Waals surface area contributed by atoms with E-state index in [-0.39, 0.29) is 35.3 Å². The smallest absolute Gasteiger partial charge is 0.336 e. The SMILES string of the molecule is CC(C)Cc1cc(C(F)(F)F)c2nc(C(=O)N3CCN(C4CCCCC4)C(=O)C3)c(Cl)n2c1. The van der Waals surface area contributed by atoms with Gasteiger partial charge in [0.05, 0.1) is 5.56 Å². The minimum absolute atomic E-state index is 0.121. The van der Waals surface area contributed by atoms with Crippen LogP contribution < -0.4 is 0 Å². The number of imidazole rings is 1. The van der Waals surface area contributed by atoms with Crippen molar-refractivity contribution in [2.75, 3.05) is 19.6 Å². The number of pyridine rings is 1. The predicted molar refractivity (Wildman–Crippen MR) is 118 cm³/mol. The van der Waals surface area contributed by atoms with Gasteiger partial charge in [-0.2, -0.15) is 13.2 Å². The highest BCUT2D eigenvalue weighted by molar-refractivity contribution is 6.33. The van der Waals surface area contributed by atoms with Crippen LogP contribution in [0.15, 0.2) is 12.3 Å². The Morgan fingerprint density at radius 1 is 1.21 bits per heavy atom. The van der Waals surface area contributed by atoms with Crippen LogP contribution in [0.2, 0.25) is 5.15 Å². The van der Waals surface area contributed by atoms with Crippen LogP contribution in [0.3, 0.4) is 0 Å². The van der Waals surface area contributed by atoms with Crippen molar-refractivity contribution in [3.8, 4) is 0 Å². The second-order valence-electron chi connectivity index (χ2n) is 9.41. The largest absolute Gasteiger partial charge is 0.419 e. The molecule has 0 N–H and O–H groups in total. The van der Waals surface area contributed by atoms with Crippen molar-refractivity contribution in [2.24, 2.45) is 5.92 Å². The summed E-state index contributed by atoms with van der Waals surface area (Å²) in [7, 11) is 0. The number of fused-ring (bicyclic) bond motifs is 1. The first-order valence-corrected chi connectivity index (χ1v) is 11.8. The first kappa shape index (κ1) is 23.9. The van der Waals surface area contributed by atoms with Gasteiger partial charge >= 0.3 is 6.18 Å². The molecule has 0 spiro atoms. The first-order valence-electron chi connectivity index (χ1n) is 11.4. The number of rotatable bonds is 4. The monoisotopic (exact) mass is 484 g/mol. The van der Waals surface area contributed by atoms with Gasteiger partial charge in [-0.05, 0) is 36.8 Å². The summed E-state index contributed by atoms with van der Waals surface area (Å²) >= 11 is 6.38. The summed E-state index contributed by atoms with van der Waals surface area (Å²) in [6, 6.07) is 1.27. The van der Waals surface area contributed by atoms with Gasteiger partial charge in [0, 0.05) is 25.3 Å². The van der Waals surface area contributed by atoms with Crippen LogP contribution in [0.25, 0.3) is 5.65 Å². The second kappa shape index (κ2) is 9.16. The lowest BCUT2D eigenvalue weighted by Crippen LogP contribution is -2.55. The third-order valence-corrected chi connectivity index (χ3v) is 6.79. The van der Waals surface area contributed by atoms with Gasteiger partial charge in [0.1, 0.15) is 11.7 Å². The van der Waals surface area contributed by atoms with E-state index in [1.165, 1.54) is 17.5 Å². The maximum Gasteiger partial charge on any atom is 0.419 e. The zero-order chi connectivity index (χ0) is 23.9. The van der Waals surface area contributed by atoms with Crippen LogP contribution in [-0.2, 0) is 17.4 Å². The van der Waals surface area contributed by atoms with Gasteiger partial charge in [0.2, 0.25) is 5.91 Å². The standard InChI is InChI=1S/C23H28ClF3N4O2/c1-14(2)10-15-11-17(23(25,26)27)21-28-19(20(24)31(21)12-15)22(33)29-8-9-30(18(32)13-29)16-6-4-3-5-7-16/h11-12,14,16H,3-10,13H2,1-2H3. The molecule has 2 aromatic heterocycles. The summed E-state index contributed by atoms with van der Waals surface area (Å²) in [6.07, 6.45) is 2.58. The van der Waals surface area contributed by atoms with E-state index in [2.05, 4.69) is 4.98 Å². The van der Waals surface area contributed by atoms with Crippen LogP contribution in [0.1, 0.15) is 67.6 Å². The summed E-state index contributed by atoms with van der Waals surface area (Å²) in [5.41, 5.74) is -1.14. The second-order valence-corrected chi connectivity index (χ2v) is 9.77. The highest BCUT2D eigenvalue weighted by Crippen LogP contribution is 2.35. The Bertz CT molecular complexity index is 1060. The van der Waals surface area contributed by atoms with Crippen LogP contribution in [0, 0.1) is 5.92 Å². The van der Waals surface area contributed by atoms with E-state index in [0.717, 1.165) is 36.2 Å². The van der Waals surface area contributed by atoms with Gasteiger partial charge in [-0.1, -0.05) is 44.7 Å². The fourth-order valence-corrected chi connectivity index (χ4v) is 5.14. The van der Waals surface area contributed by atoms with Gasteiger partial charge in [0.15, 0.2) is 11.3 Å². The molecule has 0 radical (unpaired) electrons. The molecule has 2 fully saturated rings. The van der Waals surface area contributed by atoms with Crippen molar-refractivity contribution in [3.05, 3.63) is 34.2 Å². The molecule has 10 heteroatoms. The Labute approximate surface area is 195 Å². The average molecular weight is 485 g/mol. The molecule has 180 valence electrons. The summed E-state index contributed by atoms with van der Waals surface area (Å²) < 4.78 is 42.4. The van der Waals surface area contributed by atoms with Crippen molar-refractivity contribution >= 4 is 29.1 Å². The van der Waals surface area contributed by atoms with E-state index in [4.69, 9.17) is 11.6 Å². The van der Waals surface area contributed by atoms with Crippen molar-refractivity contribution in [3.63, 3.8) is 0 Å². The molecule has 2 aliphatic rings. The number of hydrogen-bond donors (Lipinski definition) is 0. The molecule has 0 atom stereocenters. The molecule has 33 heavy (non-hydrogen) atoms. The number of aromatic nitrogens is 2. The van der Waals surface area contributed by atoms with Crippen LogP contribution in [0.4, 0.5) is 13.2 Å². The molecule has 3 heterocycles. The number of halogens is 4. The number of nitrogens with zero attached hydrogens (tertiary/aromatic N) is 4.